The monoisotopic (exact) mass is 209 g/mol. The summed E-state index contributed by atoms with van der Waals surface area (Å²) in [5.41, 5.74) is 0.0159. The van der Waals surface area contributed by atoms with Gasteiger partial charge in [0.1, 0.15) is 0 Å². The second-order valence-corrected chi connectivity index (χ2v) is 3.20. The maximum atomic E-state index is 10.8. The van der Waals surface area contributed by atoms with Crippen LogP contribution in [-0.4, -0.2) is 18.9 Å². The van der Waals surface area contributed by atoms with E-state index in [2.05, 4.69) is 0 Å². The quantitative estimate of drug-likeness (QED) is 0.763. The molecule has 2 aromatic carbocycles. The van der Waals surface area contributed by atoms with E-state index in [1.54, 1.807) is 43.1 Å². The van der Waals surface area contributed by atoms with Crippen LogP contribution in [0.4, 0.5) is 0 Å². The summed E-state index contributed by atoms with van der Waals surface area (Å²) in [4.78, 5) is 32.2. The van der Waals surface area contributed by atoms with Gasteiger partial charge in [-0.3, -0.25) is 14.4 Å². The predicted octanol–water partition coefficient (Wildman–Crippen LogP) is 1.21. The fourth-order valence-corrected chi connectivity index (χ4v) is 1.64. The molecule has 3 nitrogen and oxygen atoms in total. The molecule has 2 aromatic rings. The SMILES string of the molecule is O=[C]c1cc2ccccc2c([C]=O)c1[C]=O. The van der Waals surface area contributed by atoms with Crippen molar-refractivity contribution in [2.45, 2.75) is 0 Å². The van der Waals surface area contributed by atoms with Crippen molar-refractivity contribution in [3.8, 4) is 0 Å². The molecule has 0 aliphatic heterocycles. The zero-order valence-electron chi connectivity index (χ0n) is 8.11. The summed E-state index contributed by atoms with van der Waals surface area (Å²) >= 11 is 0. The van der Waals surface area contributed by atoms with Crippen molar-refractivity contribution in [2.24, 2.45) is 0 Å². The van der Waals surface area contributed by atoms with Crippen LogP contribution in [0.5, 0.6) is 0 Å². The molecule has 0 spiro atoms. The van der Waals surface area contributed by atoms with Crippen LogP contribution in [0.25, 0.3) is 10.8 Å². The first-order valence-electron chi connectivity index (χ1n) is 4.52. The first kappa shape index (κ1) is 10.2. The molecular weight excluding hydrogens is 204 g/mol. The molecule has 0 saturated carbocycles. The van der Waals surface area contributed by atoms with E-state index in [-0.39, 0.29) is 16.7 Å². The van der Waals surface area contributed by atoms with Crippen molar-refractivity contribution in [3.63, 3.8) is 0 Å². The predicted molar refractivity (Wildman–Crippen MR) is 58.3 cm³/mol. The van der Waals surface area contributed by atoms with Gasteiger partial charge >= 0.3 is 0 Å². The summed E-state index contributed by atoms with van der Waals surface area (Å²) in [6.45, 7) is 0. The van der Waals surface area contributed by atoms with E-state index in [1.165, 1.54) is 6.07 Å². The first-order valence-corrected chi connectivity index (χ1v) is 4.52. The Labute approximate surface area is 91.7 Å². The molecule has 0 aliphatic carbocycles. The fourth-order valence-electron chi connectivity index (χ4n) is 1.64. The average Bonchev–Trinajstić information content (AvgIpc) is 2.36. The third-order valence-corrected chi connectivity index (χ3v) is 2.36. The Morgan fingerprint density at radius 2 is 1.50 bits per heavy atom. The number of hydrogen-bond acceptors (Lipinski definition) is 3. The van der Waals surface area contributed by atoms with Crippen LogP contribution < -0.4 is 0 Å². The molecule has 0 aliphatic rings. The summed E-state index contributed by atoms with van der Waals surface area (Å²) in [5, 5.41) is 1.27. The topological polar surface area (TPSA) is 51.2 Å². The second-order valence-electron chi connectivity index (χ2n) is 3.20. The lowest BCUT2D eigenvalue weighted by atomic mass is 9.96. The minimum absolute atomic E-state index is 0.0343. The highest BCUT2D eigenvalue weighted by Crippen LogP contribution is 2.22. The van der Waals surface area contributed by atoms with E-state index >= 15 is 0 Å². The van der Waals surface area contributed by atoms with E-state index in [0.717, 1.165) is 0 Å². The van der Waals surface area contributed by atoms with E-state index in [0.29, 0.717) is 10.8 Å². The Balaban J connectivity index is 2.98. The van der Waals surface area contributed by atoms with Crippen molar-refractivity contribution >= 4 is 29.6 Å². The van der Waals surface area contributed by atoms with Gasteiger partial charge in [-0.1, -0.05) is 24.3 Å². The molecule has 2 rings (SSSR count). The van der Waals surface area contributed by atoms with Gasteiger partial charge in [0.15, 0.2) is 0 Å². The van der Waals surface area contributed by atoms with Gasteiger partial charge in [-0.2, -0.15) is 0 Å². The molecule has 3 radical (unpaired) electrons. The lowest BCUT2D eigenvalue weighted by molar-refractivity contribution is 0.556. The van der Waals surface area contributed by atoms with Crippen molar-refractivity contribution in [2.75, 3.05) is 0 Å². The highest BCUT2D eigenvalue weighted by Gasteiger charge is 2.13. The zero-order chi connectivity index (χ0) is 11.5. The van der Waals surface area contributed by atoms with Crippen LogP contribution in [-0.2, 0) is 14.4 Å². The highest BCUT2D eigenvalue weighted by molar-refractivity contribution is 6.09. The molecule has 0 aromatic heterocycles. The second kappa shape index (κ2) is 4.06. The first-order chi connectivity index (χ1) is 7.81. The number of rotatable bonds is 3. The van der Waals surface area contributed by atoms with Crippen LogP contribution in [0.2, 0.25) is 0 Å². The molecule has 0 atom stereocenters. The van der Waals surface area contributed by atoms with Crippen molar-refractivity contribution in [3.05, 3.63) is 47.0 Å². The fraction of sp³-hybridized carbons (Fsp3) is 0. The number of carbonyl (C=O) groups excluding carboxylic acids is 3. The smallest absolute Gasteiger partial charge is 0.235 e. The highest BCUT2D eigenvalue weighted by atomic mass is 16.1. The van der Waals surface area contributed by atoms with Gasteiger partial charge in [0, 0.05) is 16.7 Å². The Kier molecular flexibility index (Phi) is 2.60. The minimum atomic E-state index is -0.0799. The van der Waals surface area contributed by atoms with Crippen LogP contribution in [0.3, 0.4) is 0 Å². The molecule has 0 bridgehead atoms. The minimum Gasteiger partial charge on any atom is -0.285 e. The molecule has 0 saturated heterocycles. The van der Waals surface area contributed by atoms with Gasteiger partial charge < -0.3 is 0 Å². The van der Waals surface area contributed by atoms with Crippen LogP contribution in [0, 0.1) is 0 Å². The molecule has 3 heteroatoms. The number of fused-ring (bicyclic) bond motifs is 1. The van der Waals surface area contributed by atoms with Crippen molar-refractivity contribution in [1.82, 2.24) is 0 Å². The van der Waals surface area contributed by atoms with Crippen molar-refractivity contribution < 1.29 is 14.4 Å². The van der Waals surface area contributed by atoms with E-state index in [1.807, 2.05) is 0 Å². The molecule has 0 fully saturated rings. The van der Waals surface area contributed by atoms with Crippen LogP contribution in [0.1, 0.15) is 16.7 Å². The van der Waals surface area contributed by atoms with Crippen LogP contribution >= 0.6 is 0 Å². The summed E-state index contributed by atoms with van der Waals surface area (Å²) < 4.78 is 0. The summed E-state index contributed by atoms with van der Waals surface area (Å²) in [5.74, 6) is 0. The molecular formula is C13H5O3. The Hall–Kier alpha value is -2.29. The third-order valence-electron chi connectivity index (χ3n) is 2.36. The van der Waals surface area contributed by atoms with Gasteiger partial charge in [0.25, 0.3) is 0 Å². The number of hydrogen-bond donors (Lipinski definition) is 0. The molecule has 0 N–H and O–H groups in total. The van der Waals surface area contributed by atoms with E-state index < -0.39 is 0 Å². The number of benzene rings is 2. The lowest BCUT2D eigenvalue weighted by Gasteiger charge is -2.04. The molecule has 0 heterocycles. The van der Waals surface area contributed by atoms with Gasteiger partial charge in [-0.15, -0.1) is 0 Å². The normalized spacial score (nSPS) is 10.0. The molecule has 0 unspecified atom stereocenters. The average molecular weight is 209 g/mol. The molecule has 75 valence electrons. The standard InChI is InChI=1S/C13H5O3/c14-6-10-5-9-3-1-2-4-11(9)13(8-16)12(10)7-15/h1-5H. The van der Waals surface area contributed by atoms with Crippen LogP contribution in [0.15, 0.2) is 30.3 Å². The van der Waals surface area contributed by atoms with Gasteiger partial charge in [0.05, 0.1) is 0 Å². The van der Waals surface area contributed by atoms with Gasteiger partial charge in [-0.25, -0.2) is 0 Å². The van der Waals surface area contributed by atoms with E-state index in [9.17, 15) is 14.4 Å². The van der Waals surface area contributed by atoms with Crippen molar-refractivity contribution in [1.29, 1.82) is 0 Å². The summed E-state index contributed by atoms with van der Waals surface area (Å²) in [6, 6.07) is 8.44. The van der Waals surface area contributed by atoms with Gasteiger partial charge in [0.2, 0.25) is 18.9 Å². The largest absolute Gasteiger partial charge is 0.285 e. The Morgan fingerprint density at radius 1 is 0.812 bits per heavy atom. The molecule has 16 heavy (non-hydrogen) atoms. The Bertz CT molecular complexity index is 585. The summed E-state index contributed by atoms with van der Waals surface area (Å²) in [6.07, 6.45) is 4.88. The van der Waals surface area contributed by atoms with E-state index in [4.69, 9.17) is 0 Å². The maximum Gasteiger partial charge on any atom is 0.235 e. The molecule has 0 amide bonds. The lowest BCUT2D eigenvalue weighted by Crippen LogP contribution is -1.99. The summed E-state index contributed by atoms with van der Waals surface area (Å²) in [7, 11) is 0. The third kappa shape index (κ3) is 1.42. The van der Waals surface area contributed by atoms with Gasteiger partial charge in [-0.05, 0) is 16.8 Å². The zero-order valence-corrected chi connectivity index (χ0v) is 8.11. The Morgan fingerprint density at radius 3 is 2.12 bits per heavy atom. The maximum absolute atomic E-state index is 10.8.